The van der Waals surface area contributed by atoms with Crippen LogP contribution in [0.2, 0.25) is 5.02 Å². The summed E-state index contributed by atoms with van der Waals surface area (Å²) >= 11 is 6.10. The molecule has 1 aliphatic rings. The minimum absolute atomic E-state index is 0.0410. The average Bonchev–Trinajstić information content (AvgIpc) is 3.62. The van der Waals surface area contributed by atoms with Gasteiger partial charge in [-0.2, -0.15) is 4.98 Å². The lowest BCUT2D eigenvalue weighted by Gasteiger charge is -2.21. The quantitative estimate of drug-likeness (QED) is 0.321. The Bertz CT molecular complexity index is 2010. The number of aromatic nitrogens is 5. The molecule has 42 heavy (non-hydrogen) atoms. The van der Waals surface area contributed by atoms with Gasteiger partial charge in [-0.05, 0) is 37.6 Å². The fourth-order valence-corrected chi connectivity index (χ4v) is 5.44. The van der Waals surface area contributed by atoms with E-state index in [9.17, 15) is 23.2 Å². The van der Waals surface area contributed by atoms with Crippen molar-refractivity contribution >= 4 is 39.9 Å². The maximum absolute atomic E-state index is 14.2. The van der Waals surface area contributed by atoms with Crippen molar-refractivity contribution in [3.05, 3.63) is 86.3 Å². The SMILES string of the molecule is CCNC(=O)[C@@H]1CCN(c2cc3c(c(OC)n2)c(=O)n(-c2cnc4cc(F)ccn24)c(=O)n3-c2ccc(F)c(Cl)c2)C1. The highest BCUT2D eigenvalue weighted by Gasteiger charge is 2.31. The zero-order valence-corrected chi connectivity index (χ0v) is 23.2. The molecule has 0 unspecified atom stereocenters. The van der Waals surface area contributed by atoms with E-state index in [2.05, 4.69) is 15.3 Å². The van der Waals surface area contributed by atoms with E-state index < -0.39 is 22.9 Å². The molecule has 1 fully saturated rings. The van der Waals surface area contributed by atoms with Gasteiger partial charge >= 0.3 is 5.69 Å². The van der Waals surface area contributed by atoms with Gasteiger partial charge in [0.1, 0.15) is 34.3 Å². The summed E-state index contributed by atoms with van der Waals surface area (Å²) in [4.78, 5) is 51.3. The number of amides is 1. The Labute approximate surface area is 241 Å². The lowest BCUT2D eigenvalue weighted by Crippen LogP contribution is -2.39. The maximum atomic E-state index is 14.2. The number of methoxy groups -OCH3 is 1. The van der Waals surface area contributed by atoms with Crippen LogP contribution in [0.15, 0.2) is 58.4 Å². The Balaban J connectivity index is 1.64. The van der Waals surface area contributed by atoms with Crippen molar-refractivity contribution in [1.29, 1.82) is 0 Å². The summed E-state index contributed by atoms with van der Waals surface area (Å²) < 4.78 is 37.0. The van der Waals surface area contributed by atoms with Crippen molar-refractivity contribution in [2.45, 2.75) is 13.3 Å². The van der Waals surface area contributed by atoms with Gasteiger partial charge in [0.05, 0.1) is 35.5 Å². The zero-order chi connectivity index (χ0) is 29.7. The van der Waals surface area contributed by atoms with E-state index in [0.29, 0.717) is 31.9 Å². The van der Waals surface area contributed by atoms with Gasteiger partial charge in [-0.3, -0.25) is 18.6 Å². The number of hydrogen-bond donors (Lipinski definition) is 1. The largest absolute Gasteiger partial charge is 0.480 e. The summed E-state index contributed by atoms with van der Waals surface area (Å²) in [5, 5.41) is 2.55. The molecule has 1 saturated heterocycles. The van der Waals surface area contributed by atoms with Crippen molar-refractivity contribution < 1.29 is 18.3 Å². The number of benzene rings is 1. The van der Waals surface area contributed by atoms with Gasteiger partial charge in [0.25, 0.3) is 5.56 Å². The Morgan fingerprint density at radius 3 is 2.71 bits per heavy atom. The van der Waals surface area contributed by atoms with E-state index in [-0.39, 0.29) is 50.8 Å². The predicted octanol–water partition coefficient (Wildman–Crippen LogP) is 3.09. The molecule has 1 aromatic carbocycles. The third kappa shape index (κ3) is 4.45. The van der Waals surface area contributed by atoms with Crippen molar-refractivity contribution in [1.82, 2.24) is 28.8 Å². The molecule has 5 heterocycles. The third-order valence-electron chi connectivity index (χ3n) is 7.27. The molecule has 1 aliphatic heterocycles. The van der Waals surface area contributed by atoms with E-state index in [1.165, 1.54) is 46.7 Å². The highest BCUT2D eigenvalue weighted by molar-refractivity contribution is 6.30. The Hall–Kier alpha value is -4.78. The molecule has 1 N–H and O–H groups in total. The molecule has 0 radical (unpaired) electrons. The van der Waals surface area contributed by atoms with Crippen LogP contribution < -0.4 is 26.2 Å². The van der Waals surface area contributed by atoms with Crippen LogP contribution >= 0.6 is 11.6 Å². The van der Waals surface area contributed by atoms with Crippen molar-refractivity contribution in [3.8, 4) is 17.4 Å². The monoisotopic (exact) mass is 595 g/mol. The highest BCUT2D eigenvalue weighted by Crippen LogP contribution is 2.31. The minimum atomic E-state index is -0.817. The molecule has 11 nitrogen and oxygen atoms in total. The third-order valence-corrected chi connectivity index (χ3v) is 7.56. The topological polar surface area (TPSA) is 116 Å². The van der Waals surface area contributed by atoms with Gasteiger partial charge in [0.15, 0.2) is 0 Å². The summed E-state index contributed by atoms with van der Waals surface area (Å²) in [6, 6.07) is 7.62. The number of pyridine rings is 2. The van der Waals surface area contributed by atoms with Gasteiger partial charge in [0, 0.05) is 38.0 Å². The number of ether oxygens (including phenoxy) is 1. The molecule has 0 saturated carbocycles. The van der Waals surface area contributed by atoms with Crippen LogP contribution in [0.1, 0.15) is 13.3 Å². The molecule has 0 spiro atoms. The number of halogens is 3. The molecule has 216 valence electrons. The first kappa shape index (κ1) is 27.4. The Kier molecular flexibility index (Phi) is 6.89. The normalized spacial score (nSPS) is 15.1. The number of carbonyl (C=O) groups is 1. The molecule has 6 rings (SSSR count). The summed E-state index contributed by atoms with van der Waals surface area (Å²) in [5.41, 5.74) is -1.10. The number of nitrogens with one attached hydrogen (secondary N) is 1. The van der Waals surface area contributed by atoms with Gasteiger partial charge < -0.3 is 15.0 Å². The Morgan fingerprint density at radius 2 is 1.98 bits per heavy atom. The second-order valence-corrected chi connectivity index (χ2v) is 10.2. The number of nitrogens with zero attached hydrogens (tertiary/aromatic N) is 6. The van der Waals surface area contributed by atoms with E-state index in [1.807, 2.05) is 11.8 Å². The smallest absolute Gasteiger partial charge is 0.342 e. The van der Waals surface area contributed by atoms with Crippen LogP contribution in [0.3, 0.4) is 0 Å². The molecule has 14 heteroatoms. The van der Waals surface area contributed by atoms with E-state index in [1.54, 1.807) is 6.07 Å². The molecular formula is C28H24ClF2N7O4. The first-order valence-corrected chi connectivity index (χ1v) is 13.5. The second kappa shape index (κ2) is 10.6. The van der Waals surface area contributed by atoms with Crippen molar-refractivity contribution in [2.75, 3.05) is 31.6 Å². The second-order valence-electron chi connectivity index (χ2n) is 9.76. The van der Waals surface area contributed by atoms with E-state index in [0.717, 1.165) is 16.7 Å². The fraction of sp³-hybridized carbons (Fsp3) is 0.250. The van der Waals surface area contributed by atoms with E-state index in [4.69, 9.17) is 16.3 Å². The number of carbonyl (C=O) groups excluding carboxylic acids is 1. The van der Waals surface area contributed by atoms with E-state index >= 15 is 0 Å². The predicted molar refractivity (Wildman–Crippen MR) is 152 cm³/mol. The summed E-state index contributed by atoms with van der Waals surface area (Å²) in [7, 11) is 1.35. The van der Waals surface area contributed by atoms with Crippen LogP contribution in [0.5, 0.6) is 5.88 Å². The van der Waals surface area contributed by atoms with Gasteiger partial charge in [0.2, 0.25) is 11.8 Å². The van der Waals surface area contributed by atoms with Gasteiger partial charge in [-0.1, -0.05) is 11.6 Å². The number of imidazole rings is 1. The highest BCUT2D eigenvalue weighted by atomic mass is 35.5. The van der Waals surface area contributed by atoms with Crippen molar-refractivity contribution in [2.24, 2.45) is 5.92 Å². The fourth-order valence-electron chi connectivity index (χ4n) is 5.27. The van der Waals surface area contributed by atoms with Crippen LogP contribution in [0, 0.1) is 17.6 Å². The van der Waals surface area contributed by atoms with Gasteiger partial charge in [-0.15, -0.1) is 0 Å². The number of fused-ring (bicyclic) bond motifs is 2. The maximum Gasteiger partial charge on any atom is 0.342 e. The molecule has 1 atom stereocenters. The standard InChI is InChI=1S/C28H24ClF2N7O4/c1-3-32-25(39)15-6-8-35(14-15)22-12-20-24(26(34-22)42-2)27(40)38(23-13-33-21-10-16(30)7-9-36(21)23)28(41)37(20)17-4-5-19(31)18(29)11-17/h4-5,7,9-13,15H,3,6,8,14H2,1-2H3,(H,32,39)/t15-/m1/s1. The molecule has 0 bridgehead atoms. The van der Waals surface area contributed by atoms with Crippen molar-refractivity contribution in [3.63, 3.8) is 0 Å². The number of anilines is 1. The number of rotatable bonds is 6. The van der Waals surface area contributed by atoms with Crippen LogP contribution in [-0.2, 0) is 4.79 Å². The van der Waals surface area contributed by atoms with Crippen LogP contribution in [-0.4, -0.2) is 56.2 Å². The molecule has 4 aromatic heterocycles. The molecular weight excluding hydrogens is 572 g/mol. The van der Waals surface area contributed by atoms with Crippen LogP contribution in [0.4, 0.5) is 14.6 Å². The summed E-state index contributed by atoms with van der Waals surface area (Å²) in [6.07, 6.45) is 3.20. The number of hydrogen-bond acceptors (Lipinski definition) is 7. The zero-order valence-electron chi connectivity index (χ0n) is 22.5. The average molecular weight is 596 g/mol. The summed E-state index contributed by atoms with van der Waals surface area (Å²) in [5.74, 6) is -1.21. The lowest BCUT2D eigenvalue weighted by atomic mass is 10.1. The first-order chi connectivity index (χ1) is 20.2. The molecule has 1 amide bonds. The molecule has 5 aromatic rings. The summed E-state index contributed by atoms with van der Waals surface area (Å²) in [6.45, 7) is 3.23. The first-order valence-electron chi connectivity index (χ1n) is 13.1. The minimum Gasteiger partial charge on any atom is -0.480 e. The lowest BCUT2D eigenvalue weighted by molar-refractivity contribution is -0.124. The Morgan fingerprint density at radius 1 is 1.17 bits per heavy atom. The molecule has 0 aliphatic carbocycles. The van der Waals surface area contributed by atoms with Crippen LogP contribution in [0.25, 0.3) is 28.1 Å². The van der Waals surface area contributed by atoms with Gasteiger partial charge in [-0.25, -0.2) is 23.1 Å².